The smallest absolute Gasteiger partial charge is 0.407 e. The lowest BCUT2D eigenvalue weighted by molar-refractivity contribution is -0.139. The predicted molar refractivity (Wildman–Crippen MR) is 129 cm³/mol. The number of aliphatic carboxylic acids is 1. The summed E-state index contributed by atoms with van der Waals surface area (Å²) in [6.45, 7) is 1.56. The summed E-state index contributed by atoms with van der Waals surface area (Å²) < 4.78 is 5.51. The first kappa shape index (κ1) is 24.4. The van der Waals surface area contributed by atoms with E-state index in [0.717, 1.165) is 22.3 Å². The third kappa shape index (κ3) is 5.33. The number of ether oxygens (including phenoxy) is 1. The summed E-state index contributed by atoms with van der Waals surface area (Å²) in [7, 11) is 0. The van der Waals surface area contributed by atoms with E-state index in [4.69, 9.17) is 14.9 Å². The molecule has 0 fully saturated rings. The van der Waals surface area contributed by atoms with Crippen LogP contribution in [0, 0.1) is 6.92 Å². The summed E-state index contributed by atoms with van der Waals surface area (Å²) in [5, 5.41) is 23.6. The predicted octanol–water partition coefficient (Wildman–Crippen LogP) is 3.06. The van der Waals surface area contributed by atoms with E-state index in [1.807, 2.05) is 36.4 Å². The molecular formula is C25H25N3O6S. The molecule has 9 nitrogen and oxygen atoms in total. The third-order valence-electron chi connectivity index (χ3n) is 5.80. The largest absolute Gasteiger partial charge is 0.480 e. The van der Waals surface area contributed by atoms with Crippen molar-refractivity contribution in [2.75, 3.05) is 13.2 Å². The van der Waals surface area contributed by atoms with Crippen LogP contribution < -0.4 is 10.6 Å². The molecular weight excluding hydrogens is 470 g/mol. The third-order valence-corrected chi connectivity index (χ3v) is 6.78. The molecule has 4 N–H and O–H groups in total. The number of hydrogen-bond acceptors (Lipinski definition) is 7. The molecule has 0 saturated heterocycles. The maximum atomic E-state index is 12.4. The topological polar surface area (TPSA) is 138 Å². The van der Waals surface area contributed by atoms with Gasteiger partial charge in [-0.3, -0.25) is 4.79 Å². The Kier molecular flexibility index (Phi) is 7.42. The monoisotopic (exact) mass is 495 g/mol. The summed E-state index contributed by atoms with van der Waals surface area (Å²) in [5.74, 6) is -1.93. The van der Waals surface area contributed by atoms with E-state index in [1.54, 1.807) is 6.92 Å². The van der Waals surface area contributed by atoms with Crippen molar-refractivity contribution in [3.63, 3.8) is 0 Å². The lowest BCUT2D eigenvalue weighted by atomic mass is 9.98. The lowest BCUT2D eigenvalue weighted by Gasteiger charge is -2.14. The van der Waals surface area contributed by atoms with Crippen LogP contribution in [0.5, 0.6) is 0 Å². The molecule has 10 heteroatoms. The molecule has 1 heterocycles. The van der Waals surface area contributed by atoms with E-state index >= 15 is 0 Å². The molecule has 0 aliphatic heterocycles. The maximum Gasteiger partial charge on any atom is 0.407 e. The average molecular weight is 496 g/mol. The molecule has 1 aliphatic carbocycles. The van der Waals surface area contributed by atoms with Crippen LogP contribution in [0.3, 0.4) is 0 Å². The Morgan fingerprint density at radius 2 is 1.71 bits per heavy atom. The zero-order valence-electron chi connectivity index (χ0n) is 19.0. The molecule has 1 aliphatic rings. The van der Waals surface area contributed by atoms with E-state index in [1.165, 1.54) is 11.3 Å². The molecule has 35 heavy (non-hydrogen) atoms. The normalized spacial score (nSPS) is 13.0. The highest BCUT2D eigenvalue weighted by molar-refractivity contribution is 7.11. The fraction of sp³-hybridized carbons (Fsp3) is 0.280. The number of carbonyl (C=O) groups excluding carboxylic acids is 2. The van der Waals surface area contributed by atoms with E-state index in [-0.39, 0.29) is 37.8 Å². The molecule has 1 aromatic heterocycles. The van der Waals surface area contributed by atoms with E-state index in [2.05, 4.69) is 27.8 Å². The number of aliphatic hydroxyl groups excluding tert-OH is 1. The number of amides is 2. The minimum atomic E-state index is -1.24. The number of rotatable bonds is 9. The molecule has 2 aromatic carbocycles. The van der Waals surface area contributed by atoms with Gasteiger partial charge in [0.2, 0.25) is 0 Å². The Labute approximate surface area is 205 Å². The molecule has 0 bridgehead atoms. The second kappa shape index (κ2) is 10.7. The van der Waals surface area contributed by atoms with Gasteiger partial charge in [-0.2, -0.15) is 0 Å². The quantitative estimate of drug-likeness (QED) is 0.358. The number of fused-ring (bicyclic) bond motifs is 3. The number of benzene rings is 2. The summed E-state index contributed by atoms with van der Waals surface area (Å²) in [4.78, 5) is 40.9. The SMILES string of the molecule is Cc1sc(CNC(=O)OCC2c3ccccc3-c3ccccc32)nc1C(=O)NC(CCO)C(=O)O. The first-order valence-electron chi connectivity index (χ1n) is 11.1. The van der Waals surface area contributed by atoms with Gasteiger partial charge in [0, 0.05) is 23.8 Å². The highest BCUT2D eigenvalue weighted by Crippen LogP contribution is 2.44. The number of alkyl carbamates (subject to hydrolysis) is 1. The zero-order chi connectivity index (χ0) is 24.9. The molecule has 4 rings (SSSR count). The van der Waals surface area contributed by atoms with Gasteiger partial charge in [0.25, 0.3) is 5.91 Å². The van der Waals surface area contributed by atoms with Crippen LogP contribution in [0.2, 0.25) is 0 Å². The lowest BCUT2D eigenvalue weighted by Crippen LogP contribution is -2.41. The Hall–Kier alpha value is -3.76. The van der Waals surface area contributed by atoms with Crippen molar-refractivity contribution >= 4 is 29.3 Å². The van der Waals surface area contributed by atoms with Crippen molar-refractivity contribution in [1.82, 2.24) is 15.6 Å². The highest BCUT2D eigenvalue weighted by Gasteiger charge is 2.29. The first-order valence-corrected chi connectivity index (χ1v) is 11.9. The molecule has 3 aromatic rings. The van der Waals surface area contributed by atoms with Crippen LogP contribution in [0.1, 0.15) is 43.8 Å². The average Bonchev–Trinajstić information content (AvgIpc) is 3.38. The zero-order valence-corrected chi connectivity index (χ0v) is 19.8. The summed E-state index contributed by atoms with van der Waals surface area (Å²) in [6.07, 6.45) is -0.708. The van der Waals surface area contributed by atoms with Crippen LogP contribution in [0.4, 0.5) is 4.79 Å². The van der Waals surface area contributed by atoms with E-state index in [0.29, 0.717) is 9.88 Å². The molecule has 0 spiro atoms. The number of aromatic nitrogens is 1. The van der Waals surface area contributed by atoms with Crippen LogP contribution in [0.15, 0.2) is 48.5 Å². The number of aliphatic hydroxyl groups is 1. The Balaban J connectivity index is 1.34. The summed E-state index contributed by atoms with van der Waals surface area (Å²) in [5.41, 5.74) is 4.61. The van der Waals surface area contributed by atoms with Crippen LogP contribution >= 0.6 is 11.3 Å². The number of carbonyl (C=O) groups is 3. The van der Waals surface area contributed by atoms with Gasteiger partial charge >= 0.3 is 12.1 Å². The number of carboxylic acid groups (broad SMARTS) is 1. The highest BCUT2D eigenvalue weighted by atomic mass is 32.1. The molecule has 1 atom stereocenters. The second-order valence-corrected chi connectivity index (χ2v) is 9.36. The number of nitrogens with one attached hydrogen (secondary N) is 2. The minimum Gasteiger partial charge on any atom is -0.480 e. The summed E-state index contributed by atoms with van der Waals surface area (Å²) >= 11 is 1.22. The minimum absolute atomic E-state index is 0.0494. The number of thiazole rings is 1. The van der Waals surface area contributed by atoms with E-state index in [9.17, 15) is 14.4 Å². The van der Waals surface area contributed by atoms with Crippen molar-refractivity contribution in [2.45, 2.75) is 31.8 Å². The summed E-state index contributed by atoms with van der Waals surface area (Å²) in [6, 6.07) is 14.9. The second-order valence-electron chi connectivity index (χ2n) is 8.07. The fourth-order valence-corrected chi connectivity index (χ4v) is 5.02. The number of nitrogens with zero attached hydrogens (tertiary/aromatic N) is 1. The Morgan fingerprint density at radius 1 is 1.09 bits per heavy atom. The van der Waals surface area contributed by atoms with Crippen LogP contribution in [-0.4, -0.2) is 52.4 Å². The van der Waals surface area contributed by atoms with Gasteiger partial charge in [-0.05, 0) is 29.2 Å². The first-order chi connectivity index (χ1) is 16.9. The molecule has 0 saturated carbocycles. The van der Waals surface area contributed by atoms with Crippen molar-refractivity contribution in [2.24, 2.45) is 0 Å². The van der Waals surface area contributed by atoms with Gasteiger partial charge in [-0.15, -0.1) is 11.3 Å². The van der Waals surface area contributed by atoms with Crippen molar-refractivity contribution < 1.29 is 29.3 Å². The number of aryl methyl sites for hydroxylation is 1. The van der Waals surface area contributed by atoms with Crippen molar-refractivity contribution in [3.05, 3.63) is 75.2 Å². The number of carboxylic acids is 1. The Morgan fingerprint density at radius 3 is 2.31 bits per heavy atom. The van der Waals surface area contributed by atoms with Gasteiger partial charge < -0.3 is 25.6 Å². The van der Waals surface area contributed by atoms with Gasteiger partial charge in [0.05, 0.1) is 6.54 Å². The molecule has 182 valence electrons. The van der Waals surface area contributed by atoms with Gasteiger partial charge in [0.1, 0.15) is 23.4 Å². The van der Waals surface area contributed by atoms with Gasteiger partial charge in [-0.25, -0.2) is 14.6 Å². The van der Waals surface area contributed by atoms with Crippen molar-refractivity contribution in [3.8, 4) is 11.1 Å². The van der Waals surface area contributed by atoms with Gasteiger partial charge in [0.15, 0.2) is 0 Å². The fourth-order valence-electron chi connectivity index (χ4n) is 4.15. The van der Waals surface area contributed by atoms with Crippen LogP contribution in [-0.2, 0) is 16.1 Å². The van der Waals surface area contributed by atoms with Crippen molar-refractivity contribution in [1.29, 1.82) is 0 Å². The van der Waals surface area contributed by atoms with E-state index < -0.39 is 24.0 Å². The standard InChI is InChI=1S/C25H25N3O6S/c1-14-22(23(30)27-20(10-11-29)24(31)32)28-21(35-14)12-26-25(33)34-13-19-17-8-4-2-6-15(17)16-7-3-5-9-18(16)19/h2-9,19-20,29H,10-13H2,1H3,(H,26,33)(H,27,30)(H,31,32). The molecule has 2 amide bonds. The molecule has 0 radical (unpaired) electrons. The Bertz CT molecular complexity index is 1210. The number of hydrogen-bond donors (Lipinski definition) is 4. The molecule has 1 unspecified atom stereocenters. The van der Waals surface area contributed by atoms with Crippen LogP contribution in [0.25, 0.3) is 11.1 Å². The van der Waals surface area contributed by atoms with Gasteiger partial charge in [-0.1, -0.05) is 48.5 Å². The maximum absolute atomic E-state index is 12.4.